The molecule has 8 nitrogen and oxygen atoms in total. The number of benzene rings is 1. The number of sulfonamides is 1. The van der Waals surface area contributed by atoms with Crippen molar-refractivity contribution in [1.82, 2.24) is 18.8 Å². The molecule has 0 saturated carbocycles. The molecule has 3 aromatic rings. The second-order valence-corrected chi connectivity index (χ2v) is 8.31. The molecule has 0 unspecified atom stereocenters. The fourth-order valence-corrected chi connectivity index (χ4v) is 4.64. The van der Waals surface area contributed by atoms with Gasteiger partial charge in [-0.25, -0.2) is 18.4 Å². The zero-order valence-corrected chi connectivity index (χ0v) is 17.3. The van der Waals surface area contributed by atoms with E-state index >= 15 is 0 Å². The molecular weight excluding hydrogens is 390 g/mol. The average Bonchev–Trinajstić information content (AvgIpc) is 3.24. The molecule has 2 aromatic heterocycles. The van der Waals surface area contributed by atoms with Gasteiger partial charge in [-0.15, -0.1) is 0 Å². The summed E-state index contributed by atoms with van der Waals surface area (Å²) in [5, 5.41) is 2.75. The predicted molar refractivity (Wildman–Crippen MR) is 111 cm³/mol. The quantitative estimate of drug-likeness (QED) is 0.642. The van der Waals surface area contributed by atoms with Crippen LogP contribution in [0.2, 0.25) is 0 Å². The summed E-state index contributed by atoms with van der Waals surface area (Å²) in [5.74, 6) is 0.265. The van der Waals surface area contributed by atoms with E-state index in [1.54, 1.807) is 68.3 Å². The van der Waals surface area contributed by atoms with Crippen molar-refractivity contribution >= 4 is 21.6 Å². The maximum Gasteiger partial charge on any atom is 0.255 e. The summed E-state index contributed by atoms with van der Waals surface area (Å²) in [6.45, 7) is 6.02. The minimum Gasteiger partial charge on any atom is -0.321 e. The molecular formula is C20H23N5O3S. The van der Waals surface area contributed by atoms with Gasteiger partial charge in [0.2, 0.25) is 10.0 Å². The van der Waals surface area contributed by atoms with Crippen molar-refractivity contribution in [3.63, 3.8) is 0 Å². The molecule has 2 heterocycles. The molecule has 9 heteroatoms. The van der Waals surface area contributed by atoms with Crippen LogP contribution in [-0.2, 0) is 10.0 Å². The van der Waals surface area contributed by atoms with E-state index in [1.807, 2.05) is 0 Å². The van der Waals surface area contributed by atoms with Crippen LogP contribution in [0.5, 0.6) is 0 Å². The third-order valence-electron chi connectivity index (χ3n) is 4.55. The standard InChI is InChI=1S/C20H23N5O3S/c1-4-25(5-2)29(27,28)18-12-16(7-6-15(18)3)20(26)23-17-8-9-19(22-13-17)24-11-10-21-14-24/h6-14H,4-5H2,1-3H3,(H,23,26). The van der Waals surface area contributed by atoms with Gasteiger partial charge in [0, 0.05) is 31.0 Å². The molecule has 0 saturated heterocycles. The molecule has 0 aliphatic heterocycles. The minimum atomic E-state index is -3.66. The van der Waals surface area contributed by atoms with Crippen LogP contribution >= 0.6 is 0 Å². The smallest absolute Gasteiger partial charge is 0.255 e. The van der Waals surface area contributed by atoms with Gasteiger partial charge in [0.1, 0.15) is 12.1 Å². The molecule has 0 bridgehead atoms. The number of carbonyl (C=O) groups excluding carboxylic acids is 1. The van der Waals surface area contributed by atoms with E-state index in [-0.39, 0.29) is 10.5 Å². The van der Waals surface area contributed by atoms with Gasteiger partial charge in [0.05, 0.1) is 16.8 Å². The molecule has 0 spiro atoms. The Morgan fingerprint density at radius 2 is 1.93 bits per heavy atom. The largest absolute Gasteiger partial charge is 0.321 e. The zero-order chi connectivity index (χ0) is 21.0. The highest BCUT2D eigenvalue weighted by molar-refractivity contribution is 7.89. The van der Waals surface area contributed by atoms with Crippen LogP contribution in [0.15, 0.2) is 60.1 Å². The number of hydrogen-bond donors (Lipinski definition) is 1. The summed E-state index contributed by atoms with van der Waals surface area (Å²) in [6.07, 6.45) is 6.59. The minimum absolute atomic E-state index is 0.141. The van der Waals surface area contributed by atoms with Gasteiger partial charge in [-0.2, -0.15) is 4.31 Å². The monoisotopic (exact) mass is 413 g/mol. The molecule has 1 amide bonds. The number of hydrogen-bond acceptors (Lipinski definition) is 5. The van der Waals surface area contributed by atoms with Crippen LogP contribution in [0.4, 0.5) is 5.69 Å². The Labute approximate surface area is 170 Å². The molecule has 1 N–H and O–H groups in total. The van der Waals surface area contributed by atoms with Gasteiger partial charge in [0.25, 0.3) is 5.91 Å². The van der Waals surface area contributed by atoms with E-state index in [0.717, 1.165) is 0 Å². The van der Waals surface area contributed by atoms with E-state index < -0.39 is 15.9 Å². The average molecular weight is 414 g/mol. The van der Waals surface area contributed by atoms with Crippen molar-refractivity contribution in [2.24, 2.45) is 0 Å². The van der Waals surface area contributed by atoms with Crippen molar-refractivity contribution in [2.45, 2.75) is 25.7 Å². The number of nitrogens with one attached hydrogen (secondary N) is 1. The summed E-state index contributed by atoms with van der Waals surface area (Å²) in [7, 11) is -3.66. The lowest BCUT2D eigenvalue weighted by Gasteiger charge is -2.20. The second-order valence-electron chi connectivity index (χ2n) is 6.40. The number of carbonyl (C=O) groups is 1. The summed E-state index contributed by atoms with van der Waals surface area (Å²) < 4.78 is 28.9. The number of nitrogens with zero attached hydrogens (tertiary/aromatic N) is 4. The van der Waals surface area contributed by atoms with Gasteiger partial charge in [0.15, 0.2) is 0 Å². The number of imidazole rings is 1. The Bertz CT molecular complexity index is 1090. The predicted octanol–water partition coefficient (Wildman–Crippen LogP) is 2.86. The molecule has 0 fully saturated rings. The highest BCUT2D eigenvalue weighted by Crippen LogP contribution is 2.22. The Morgan fingerprint density at radius 3 is 2.52 bits per heavy atom. The number of amides is 1. The van der Waals surface area contributed by atoms with Crippen LogP contribution in [0, 0.1) is 6.92 Å². The first-order chi connectivity index (χ1) is 13.9. The molecule has 0 radical (unpaired) electrons. The molecule has 29 heavy (non-hydrogen) atoms. The number of pyridine rings is 1. The first-order valence-electron chi connectivity index (χ1n) is 9.23. The maximum absolute atomic E-state index is 12.9. The van der Waals surface area contributed by atoms with Gasteiger partial charge in [-0.05, 0) is 36.8 Å². The highest BCUT2D eigenvalue weighted by Gasteiger charge is 2.24. The molecule has 0 aliphatic rings. The lowest BCUT2D eigenvalue weighted by Crippen LogP contribution is -2.31. The van der Waals surface area contributed by atoms with Gasteiger partial charge >= 0.3 is 0 Å². The normalized spacial score (nSPS) is 11.6. The van der Waals surface area contributed by atoms with E-state index in [2.05, 4.69) is 15.3 Å². The SMILES string of the molecule is CCN(CC)S(=O)(=O)c1cc(C(=O)Nc2ccc(-n3ccnc3)nc2)ccc1C. The van der Waals surface area contributed by atoms with Crippen LogP contribution in [0.25, 0.3) is 5.82 Å². The zero-order valence-electron chi connectivity index (χ0n) is 16.5. The summed E-state index contributed by atoms with van der Waals surface area (Å²) >= 11 is 0. The van der Waals surface area contributed by atoms with Crippen LogP contribution < -0.4 is 5.32 Å². The Kier molecular flexibility index (Phi) is 6.09. The number of rotatable bonds is 7. The Morgan fingerprint density at radius 1 is 1.17 bits per heavy atom. The van der Waals surface area contributed by atoms with Crippen LogP contribution in [0.3, 0.4) is 0 Å². The van der Waals surface area contributed by atoms with Gasteiger partial charge in [-0.3, -0.25) is 9.36 Å². The number of anilines is 1. The molecule has 0 atom stereocenters. The summed E-state index contributed by atoms with van der Waals surface area (Å²) in [5.41, 5.74) is 1.37. The van der Waals surface area contributed by atoms with Crippen molar-refractivity contribution in [3.8, 4) is 5.82 Å². The van der Waals surface area contributed by atoms with E-state index in [4.69, 9.17) is 0 Å². The second kappa shape index (κ2) is 8.54. The summed E-state index contributed by atoms with van der Waals surface area (Å²) in [6, 6.07) is 8.15. The lowest BCUT2D eigenvalue weighted by atomic mass is 10.1. The van der Waals surface area contributed by atoms with E-state index in [1.165, 1.54) is 16.6 Å². The van der Waals surface area contributed by atoms with Crippen molar-refractivity contribution < 1.29 is 13.2 Å². The van der Waals surface area contributed by atoms with Gasteiger partial charge < -0.3 is 5.32 Å². The van der Waals surface area contributed by atoms with Crippen molar-refractivity contribution in [3.05, 3.63) is 66.4 Å². The summed E-state index contributed by atoms with van der Waals surface area (Å²) in [4.78, 5) is 21.1. The fourth-order valence-electron chi connectivity index (χ4n) is 2.93. The lowest BCUT2D eigenvalue weighted by molar-refractivity contribution is 0.102. The van der Waals surface area contributed by atoms with E-state index in [9.17, 15) is 13.2 Å². The molecule has 3 rings (SSSR count). The number of aromatic nitrogens is 3. The van der Waals surface area contributed by atoms with Crippen LogP contribution in [-0.4, -0.2) is 46.3 Å². The Hall–Kier alpha value is -3.04. The maximum atomic E-state index is 12.9. The Balaban J connectivity index is 1.83. The first kappa shape index (κ1) is 20.7. The third kappa shape index (κ3) is 4.36. The number of aryl methyl sites for hydroxylation is 1. The van der Waals surface area contributed by atoms with Crippen molar-refractivity contribution in [1.29, 1.82) is 0 Å². The molecule has 0 aliphatic carbocycles. The van der Waals surface area contributed by atoms with E-state index in [0.29, 0.717) is 30.2 Å². The van der Waals surface area contributed by atoms with Crippen LogP contribution in [0.1, 0.15) is 29.8 Å². The third-order valence-corrected chi connectivity index (χ3v) is 6.74. The molecule has 152 valence electrons. The van der Waals surface area contributed by atoms with Gasteiger partial charge in [-0.1, -0.05) is 19.9 Å². The first-order valence-corrected chi connectivity index (χ1v) is 10.7. The highest BCUT2D eigenvalue weighted by atomic mass is 32.2. The molecule has 1 aromatic carbocycles. The van der Waals surface area contributed by atoms with Crippen molar-refractivity contribution in [2.75, 3.05) is 18.4 Å². The fraction of sp³-hybridized carbons (Fsp3) is 0.250. The topological polar surface area (TPSA) is 97.2 Å².